The molecule has 4 heteroatoms. The lowest BCUT2D eigenvalue weighted by Gasteiger charge is -2.21. The molecular formula is C14H22F2N2. The molecule has 1 aromatic carbocycles. The summed E-state index contributed by atoms with van der Waals surface area (Å²) >= 11 is 0. The molecule has 0 spiro atoms. The molecule has 1 atom stereocenters. The third-order valence-electron chi connectivity index (χ3n) is 3.49. The largest absolute Gasteiger partial charge is 0.271 e. The van der Waals surface area contributed by atoms with Gasteiger partial charge in [-0.05, 0) is 30.4 Å². The van der Waals surface area contributed by atoms with Crippen LogP contribution in [-0.4, -0.2) is 6.04 Å². The summed E-state index contributed by atoms with van der Waals surface area (Å²) in [5, 5.41) is 0. The van der Waals surface area contributed by atoms with Gasteiger partial charge in [-0.2, -0.15) is 0 Å². The van der Waals surface area contributed by atoms with Gasteiger partial charge in [0.1, 0.15) is 11.6 Å². The molecule has 102 valence electrons. The van der Waals surface area contributed by atoms with E-state index in [1.807, 2.05) is 0 Å². The highest BCUT2D eigenvalue weighted by atomic mass is 19.1. The van der Waals surface area contributed by atoms with Crippen molar-refractivity contribution in [2.75, 3.05) is 0 Å². The van der Waals surface area contributed by atoms with Crippen LogP contribution in [0.2, 0.25) is 0 Å². The zero-order valence-electron chi connectivity index (χ0n) is 11.0. The molecule has 0 saturated heterocycles. The molecule has 0 bridgehead atoms. The van der Waals surface area contributed by atoms with Crippen molar-refractivity contribution in [2.45, 2.75) is 45.6 Å². The first kappa shape index (κ1) is 15.1. The maximum absolute atomic E-state index is 13.5. The average molecular weight is 256 g/mol. The third-order valence-corrected chi connectivity index (χ3v) is 3.49. The van der Waals surface area contributed by atoms with E-state index < -0.39 is 11.6 Å². The Morgan fingerprint density at radius 3 is 2.39 bits per heavy atom. The molecule has 0 fully saturated rings. The molecular weight excluding hydrogens is 234 g/mol. The molecule has 0 heterocycles. The first-order chi connectivity index (χ1) is 8.60. The fraction of sp³-hybridized carbons (Fsp3) is 0.571. The predicted molar refractivity (Wildman–Crippen MR) is 69.9 cm³/mol. The third kappa shape index (κ3) is 4.35. The maximum atomic E-state index is 13.5. The van der Waals surface area contributed by atoms with Crippen LogP contribution < -0.4 is 11.3 Å². The van der Waals surface area contributed by atoms with Gasteiger partial charge in [0.05, 0.1) is 0 Å². The summed E-state index contributed by atoms with van der Waals surface area (Å²) in [7, 11) is 0. The Morgan fingerprint density at radius 1 is 1.22 bits per heavy atom. The Bertz CT molecular complexity index is 365. The van der Waals surface area contributed by atoms with Crippen LogP contribution in [0.15, 0.2) is 18.2 Å². The normalized spacial score (nSPS) is 13.0. The minimum atomic E-state index is -0.548. The van der Waals surface area contributed by atoms with E-state index in [1.165, 1.54) is 12.1 Å². The average Bonchev–Trinajstić information content (AvgIpc) is 2.37. The highest BCUT2D eigenvalue weighted by Gasteiger charge is 2.15. The molecule has 1 unspecified atom stereocenters. The summed E-state index contributed by atoms with van der Waals surface area (Å²) in [4.78, 5) is 0. The lowest BCUT2D eigenvalue weighted by molar-refractivity contribution is 0.364. The number of halogens is 2. The fourth-order valence-corrected chi connectivity index (χ4v) is 2.19. The number of hydrazine groups is 1. The Balaban J connectivity index is 2.67. The van der Waals surface area contributed by atoms with Crippen molar-refractivity contribution in [3.8, 4) is 0 Å². The maximum Gasteiger partial charge on any atom is 0.129 e. The first-order valence-corrected chi connectivity index (χ1v) is 6.50. The lowest BCUT2D eigenvalue weighted by atomic mass is 9.92. The SMILES string of the molecule is CCC(CC)CC(Cc1ccc(F)cc1F)NN. The molecule has 0 aliphatic rings. The van der Waals surface area contributed by atoms with Gasteiger partial charge in [-0.25, -0.2) is 8.78 Å². The highest BCUT2D eigenvalue weighted by molar-refractivity contribution is 5.19. The number of hydrogen-bond acceptors (Lipinski definition) is 2. The number of benzene rings is 1. The van der Waals surface area contributed by atoms with E-state index in [0.29, 0.717) is 17.9 Å². The molecule has 0 saturated carbocycles. The molecule has 1 aromatic rings. The van der Waals surface area contributed by atoms with Gasteiger partial charge in [0, 0.05) is 12.1 Å². The number of rotatable bonds is 7. The topological polar surface area (TPSA) is 38.0 Å². The van der Waals surface area contributed by atoms with Crippen LogP contribution in [0, 0.1) is 17.6 Å². The van der Waals surface area contributed by atoms with Crippen molar-refractivity contribution in [1.82, 2.24) is 5.43 Å². The van der Waals surface area contributed by atoms with Gasteiger partial charge in [0.2, 0.25) is 0 Å². The summed E-state index contributed by atoms with van der Waals surface area (Å²) in [6, 6.07) is 3.71. The van der Waals surface area contributed by atoms with Crippen LogP contribution in [0.1, 0.15) is 38.7 Å². The molecule has 1 rings (SSSR count). The summed E-state index contributed by atoms with van der Waals surface area (Å²) in [5.41, 5.74) is 3.24. The van der Waals surface area contributed by atoms with Crippen molar-refractivity contribution < 1.29 is 8.78 Å². The lowest BCUT2D eigenvalue weighted by Crippen LogP contribution is -2.38. The zero-order chi connectivity index (χ0) is 13.5. The van der Waals surface area contributed by atoms with Crippen molar-refractivity contribution in [3.05, 3.63) is 35.4 Å². The molecule has 0 aromatic heterocycles. The van der Waals surface area contributed by atoms with Gasteiger partial charge < -0.3 is 0 Å². The van der Waals surface area contributed by atoms with Crippen molar-refractivity contribution in [3.63, 3.8) is 0 Å². The smallest absolute Gasteiger partial charge is 0.129 e. The van der Waals surface area contributed by atoms with Gasteiger partial charge in [-0.15, -0.1) is 0 Å². The van der Waals surface area contributed by atoms with Crippen molar-refractivity contribution >= 4 is 0 Å². The van der Waals surface area contributed by atoms with Gasteiger partial charge >= 0.3 is 0 Å². The fourth-order valence-electron chi connectivity index (χ4n) is 2.19. The summed E-state index contributed by atoms with van der Waals surface area (Å²) in [6.07, 6.45) is 3.56. The van der Waals surface area contributed by atoms with Gasteiger partial charge in [-0.3, -0.25) is 11.3 Å². The van der Waals surface area contributed by atoms with Crippen LogP contribution in [0.5, 0.6) is 0 Å². The van der Waals surface area contributed by atoms with Crippen LogP contribution in [0.3, 0.4) is 0 Å². The van der Waals surface area contributed by atoms with E-state index >= 15 is 0 Å². The van der Waals surface area contributed by atoms with E-state index in [4.69, 9.17) is 5.84 Å². The highest BCUT2D eigenvalue weighted by Crippen LogP contribution is 2.19. The second kappa shape index (κ2) is 7.44. The molecule has 0 aliphatic heterocycles. The second-order valence-electron chi connectivity index (χ2n) is 4.72. The van der Waals surface area contributed by atoms with Crippen LogP contribution in [0.25, 0.3) is 0 Å². The molecule has 0 aliphatic carbocycles. The van der Waals surface area contributed by atoms with Gasteiger partial charge in [0.25, 0.3) is 0 Å². The van der Waals surface area contributed by atoms with Crippen LogP contribution in [-0.2, 0) is 6.42 Å². The molecule has 2 nitrogen and oxygen atoms in total. The monoisotopic (exact) mass is 256 g/mol. The van der Waals surface area contributed by atoms with E-state index in [-0.39, 0.29) is 6.04 Å². The number of nitrogens with one attached hydrogen (secondary N) is 1. The second-order valence-corrected chi connectivity index (χ2v) is 4.72. The summed E-state index contributed by atoms with van der Waals surface area (Å²) < 4.78 is 26.3. The quantitative estimate of drug-likeness (QED) is 0.581. The minimum absolute atomic E-state index is 0.0230. The van der Waals surface area contributed by atoms with Gasteiger partial charge in [0.15, 0.2) is 0 Å². The Labute approximate surface area is 108 Å². The van der Waals surface area contributed by atoms with Crippen molar-refractivity contribution in [2.24, 2.45) is 11.8 Å². The van der Waals surface area contributed by atoms with Crippen LogP contribution in [0.4, 0.5) is 8.78 Å². The van der Waals surface area contributed by atoms with E-state index in [1.54, 1.807) is 0 Å². The standard InChI is InChI=1S/C14H22F2N2/c1-3-10(4-2)7-13(18-17)8-11-5-6-12(15)9-14(11)16/h5-6,9-10,13,18H,3-4,7-8,17H2,1-2H3. The molecule has 0 amide bonds. The Morgan fingerprint density at radius 2 is 1.89 bits per heavy atom. The Hall–Kier alpha value is -1.00. The van der Waals surface area contributed by atoms with E-state index in [9.17, 15) is 8.78 Å². The number of hydrogen-bond donors (Lipinski definition) is 2. The first-order valence-electron chi connectivity index (χ1n) is 6.50. The molecule has 18 heavy (non-hydrogen) atoms. The van der Waals surface area contributed by atoms with Crippen LogP contribution >= 0.6 is 0 Å². The van der Waals surface area contributed by atoms with E-state index in [0.717, 1.165) is 25.3 Å². The van der Waals surface area contributed by atoms with E-state index in [2.05, 4.69) is 19.3 Å². The zero-order valence-corrected chi connectivity index (χ0v) is 11.0. The number of nitrogens with two attached hydrogens (primary N) is 1. The van der Waals surface area contributed by atoms with Crippen molar-refractivity contribution in [1.29, 1.82) is 0 Å². The Kier molecular flexibility index (Phi) is 6.22. The molecule has 0 radical (unpaired) electrons. The predicted octanol–water partition coefficient (Wildman–Crippen LogP) is 3.17. The summed E-state index contributed by atoms with van der Waals surface area (Å²) in [5.74, 6) is 5.04. The molecule has 3 N–H and O–H groups in total. The minimum Gasteiger partial charge on any atom is -0.271 e. The van der Waals surface area contributed by atoms with Gasteiger partial charge in [-0.1, -0.05) is 32.8 Å². The summed E-state index contributed by atoms with van der Waals surface area (Å²) in [6.45, 7) is 4.28.